The van der Waals surface area contributed by atoms with Crippen LogP contribution in [0.1, 0.15) is 64.9 Å². The summed E-state index contributed by atoms with van der Waals surface area (Å²) in [5, 5.41) is 29.6. The Hall–Kier alpha value is -6.89. The van der Waals surface area contributed by atoms with Gasteiger partial charge >= 0.3 is 35.8 Å². The number of nitrogens with zero attached hydrogens (tertiary/aromatic N) is 3. The first-order valence-electron chi connectivity index (χ1n) is 17.2. The molecule has 1 N–H and O–H groups in total. The van der Waals surface area contributed by atoms with E-state index in [0.717, 1.165) is 13.8 Å². The fraction of sp³-hybridized carbons (Fsp3) is 0.594. The van der Waals surface area contributed by atoms with Crippen molar-refractivity contribution in [3.63, 3.8) is 0 Å². The van der Waals surface area contributed by atoms with Crippen LogP contribution in [0.3, 0.4) is 0 Å². The smallest absolute Gasteiger partial charge is 0.352 e. The SMILES string of the molecule is CC(OC(=O)C(Cc1ccc(OC(=O)C(C)OC(=O)C(C)O[N+](=O)[O-])cc1)NC(=O)COC(=O)CO[N+](=O)[O-])C(=O)OCCCCCC(=O)OCCCCO[N+](=O)[O-]. The zero-order valence-corrected chi connectivity index (χ0v) is 31.4. The minimum atomic E-state index is -1.62. The second kappa shape index (κ2) is 26.8. The highest BCUT2D eigenvalue weighted by atomic mass is 17.0. The van der Waals surface area contributed by atoms with Gasteiger partial charge in [-0.1, -0.05) is 12.1 Å². The third kappa shape index (κ3) is 22.5. The normalized spacial score (nSPS) is 12.5. The van der Waals surface area contributed by atoms with Crippen LogP contribution in [-0.2, 0) is 78.2 Å². The molecule has 1 aromatic carbocycles. The molecular weight excluding hydrogens is 792 g/mol. The minimum Gasteiger partial charge on any atom is -0.466 e. The van der Waals surface area contributed by atoms with Crippen molar-refractivity contribution in [3.05, 3.63) is 60.2 Å². The van der Waals surface area contributed by atoms with Crippen molar-refractivity contribution in [2.75, 3.05) is 33.0 Å². The number of carbonyl (C=O) groups is 7. The van der Waals surface area contributed by atoms with E-state index in [1.54, 1.807) is 0 Å². The van der Waals surface area contributed by atoms with Crippen LogP contribution >= 0.6 is 0 Å². The highest BCUT2D eigenvalue weighted by Crippen LogP contribution is 2.16. The molecule has 0 saturated heterocycles. The van der Waals surface area contributed by atoms with E-state index >= 15 is 0 Å². The number of unbranched alkanes of at least 4 members (excludes halogenated alkanes) is 3. The summed E-state index contributed by atoms with van der Waals surface area (Å²) in [6, 6.07) is 3.74. The Morgan fingerprint density at radius 1 is 0.603 bits per heavy atom. The Labute approximate surface area is 327 Å². The van der Waals surface area contributed by atoms with Gasteiger partial charge < -0.3 is 43.4 Å². The van der Waals surface area contributed by atoms with Crippen molar-refractivity contribution in [2.45, 2.75) is 90.1 Å². The molecule has 58 heavy (non-hydrogen) atoms. The molecule has 0 aromatic heterocycles. The average Bonchev–Trinajstić information content (AvgIpc) is 3.15. The van der Waals surface area contributed by atoms with E-state index in [4.69, 9.17) is 23.7 Å². The van der Waals surface area contributed by atoms with Gasteiger partial charge in [-0.05, 0) is 70.6 Å². The molecule has 1 amide bonds. The van der Waals surface area contributed by atoms with Crippen molar-refractivity contribution in [2.24, 2.45) is 0 Å². The van der Waals surface area contributed by atoms with Gasteiger partial charge in [0, 0.05) is 12.8 Å². The van der Waals surface area contributed by atoms with Crippen LogP contribution in [0.5, 0.6) is 5.75 Å². The summed E-state index contributed by atoms with van der Waals surface area (Å²) in [5.74, 6) is -7.20. The molecule has 0 bridgehead atoms. The molecule has 4 unspecified atom stereocenters. The van der Waals surface area contributed by atoms with Crippen LogP contribution in [0.2, 0.25) is 0 Å². The highest BCUT2D eigenvalue weighted by Gasteiger charge is 2.29. The molecule has 4 atom stereocenters. The van der Waals surface area contributed by atoms with Crippen LogP contribution in [0.15, 0.2) is 24.3 Å². The number of esters is 6. The summed E-state index contributed by atoms with van der Waals surface area (Å²) in [7, 11) is 0. The zero-order valence-electron chi connectivity index (χ0n) is 31.4. The summed E-state index contributed by atoms with van der Waals surface area (Å²) < 4.78 is 29.8. The average molecular weight is 835 g/mol. The van der Waals surface area contributed by atoms with Crippen molar-refractivity contribution in [3.8, 4) is 5.75 Å². The Morgan fingerprint density at radius 2 is 1.19 bits per heavy atom. The van der Waals surface area contributed by atoms with E-state index < -0.39 is 94.6 Å². The predicted octanol–water partition coefficient (Wildman–Crippen LogP) is 0.466. The lowest BCUT2D eigenvalue weighted by atomic mass is 10.1. The zero-order chi connectivity index (χ0) is 43.6. The fourth-order valence-corrected chi connectivity index (χ4v) is 4.09. The third-order valence-corrected chi connectivity index (χ3v) is 6.95. The lowest BCUT2D eigenvalue weighted by Gasteiger charge is -2.20. The maximum Gasteiger partial charge on any atom is 0.352 e. The second-order valence-corrected chi connectivity index (χ2v) is 11.6. The summed E-state index contributed by atoms with van der Waals surface area (Å²) in [4.78, 5) is 129. The van der Waals surface area contributed by atoms with Crippen molar-refractivity contribution in [1.82, 2.24) is 5.32 Å². The molecule has 0 spiro atoms. The molecule has 322 valence electrons. The summed E-state index contributed by atoms with van der Waals surface area (Å²) >= 11 is 0. The Bertz CT molecular complexity index is 1590. The Morgan fingerprint density at radius 3 is 1.83 bits per heavy atom. The summed E-state index contributed by atoms with van der Waals surface area (Å²) in [6.07, 6.45) is -2.87. The van der Waals surface area contributed by atoms with E-state index in [1.165, 1.54) is 31.2 Å². The molecule has 0 radical (unpaired) electrons. The van der Waals surface area contributed by atoms with Gasteiger partial charge in [0.1, 0.15) is 11.8 Å². The number of amides is 1. The van der Waals surface area contributed by atoms with E-state index in [0.29, 0.717) is 37.7 Å². The van der Waals surface area contributed by atoms with Gasteiger partial charge in [-0.25, -0.2) is 24.0 Å². The molecular formula is C32H42N4O22. The van der Waals surface area contributed by atoms with Crippen LogP contribution in [0.25, 0.3) is 0 Å². The molecule has 1 rings (SSSR count). The molecule has 0 aliphatic heterocycles. The molecule has 0 aliphatic carbocycles. The van der Waals surface area contributed by atoms with Gasteiger partial charge in [0.15, 0.2) is 25.4 Å². The van der Waals surface area contributed by atoms with Crippen LogP contribution in [-0.4, -0.2) is 114 Å². The Kier molecular flexibility index (Phi) is 22.7. The Balaban J connectivity index is 2.75. The van der Waals surface area contributed by atoms with Crippen LogP contribution in [0.4, 0.5) is 0 Å². The van der Waals surface area contributed by atoms with E-state index in [2.05, 4.69) is 24.6 Å². The maximum atomic E-state index is 13.1. The first-order valence-corrected chi connectivity index (χ1v) is 17.2. The molecule has 26 heteroatoms. The van der Waals surface area contributed by atoms with Gasteiger partial charge in [-0.15, -0.1) is 30.3 Å². The largest absolute Gasteiger partial charge is 0.466 e. The predicted molar refractivity (Wildman–Crippen MR) is 183 cm³/mol. The number of benzene rings is 1. The van der Waals surface area contributed by atoms with Gasteiger partial charge in [0.25, 0.3) is 21.2 Å². The topological polar surface area (TPSA) is 344 Å². The second-order valence-electron chi connectivity index (χ2n) is 11.6. The molecule has 0 aliphatic rings. The monoisotopic (exact) mass is 834 g/mol. The molecule has 26 nitrogen and oxygen atoms in total. The van der Waals surface area contributed by atoms with Gasteiger partial charge in [0.05, 0.1) is 19.8 Å². The molecule has 0 fully saturated rings. The highest BCUT2D eigenvalue weighted by molar-refractivity contribution is 5.88. The number of ether oxygens (including phenoxy) is 6. The maximum absolute atomic E-state index is 13.1. The van der Waals surface area contributed by atoms with E-state index in [-0.39, 0.29) is 38.4 Å². The molecule has 0 heterocycles. The first-order chi connectivity index (χ1) is 27.4. The van der Waals surface area contributed by atoms with Crippen LogP contribution in [0, 0.1) is 30.3 Å². The number of nitrogens with one attached hydrogen (secondary N) is 1. The van der Waals surface area contributed by atoms with Crippen molar-refractivity contribution < 1.29 is 91.8 Å². The number of hydrogen-bond donors (Lipinski definition) is 1. The lowest BCUT2D eigenvalue weighted by Crippen LogP contribution is -2.46. The van der Waals surface area contributed by atoms with Gasteiger partial charge in [0.2, 0.25) is 6.10 Å². The standard InChI is InChI=1S/C32H42N4O22/c1-20(29(40)51-15-6-4-5-9-27(38)50-14-7-8-16-53-34(44)45)56-32(43)25(33-26(37)18-52-28(39)19-54-35(46)47)17-23-10-12-24(13-11-23)57-30(41)21(2)55-31(42)22(3)58-36(48)49/h10-13,20-22,25H,4-9,14-19H2,1-3H3,(H,33,37). The fourth-order valence-electron chi connectivity index (χ4n) is 4.09. The molecule has 0 saturated carbocycles. The third-order valence-electron chi connectivity index (χ3n) is 6.95. The lowest BCUT2D eigenvalue weighted by molar-refractivity contribution is -0.764. The number of hydrogen-bond acceptors (Lipinski definition) is 22. The van der Waals surface area contributed by atoms with Crippen molar-refractivity contribution >= 4 is 41.7 Å². The minimum absolute atomic E-state index is 0.0650. The van der Waals surface area contributed by atoms with Gasteiger partial charge in [-0.2, -0.15) is 0 Å². The summed E-state index contributed by atoms with van der Waals surface area (Å²) in [6.45, 7) is 1.15. The quantitative estimate of drug-likeness (QED) is 0.0286. The van der Waals surface area contributed by atoms with Crippen LogP contribution < -0.4 is 10.1 Å². The van der Waals surface area contributed by atoms with E-state index in [9.17, 15) is 63.9 Å². The number of carbonyl (C=O) groups excluding carboxylic acids is 7. The summed E-state index contributed by atoms with van der Waals surface area (Å²) in [5.41, 5.74) is 0.324. The number of rotatable bonds is 29. The van der Waals surface area contributed by atoms with E-state index in [1.807, 2.05) is 0 Å². The van der Waals surface area contributed by atoms with Gasteiger partial charge in [-0.3, -0.25) is 14.4 Å². The first kappa shape index (κ1) is 49.1. The molecule has 1 aromatic rings. The van der Waals surface area contributed by atoms with Crippen molar-refractivity contribution in [1.29, 1.82) is 0 Å².